The van der Waals surface area contributed by atoms with Crippen molar-refractivity contribution in [1.82, 2.24) is 4.90 Å². The van der Waals surface area contributed by atoms with Crippen LogP contribution >= 0.6 is 0 Å². The zero-order valence-electron chi connectivity index (χ0n) is 20.5. The van der Waals surface area contributed by atoms with Crippen molar-refractivity contribution in [2.75, 3.05) is 37.7 Å². The Hall–Kier alpha value is -3.21. The minimum absolute atomic E-state index is 0.0677. The lowest BCUT2D eigenvalue weighted by Gasteiger charge is -2.36. The molecule has 34 heavy (non-hydrogen) atoms. The predicted molar refractivity (Wildman–Crippen MR) is 138 cm³/mol. The van der Waals surface area contributed by atoms with Crippen LogP contribution in [0.25, 0.3) is 16.5 Å². The number of fused-ring (bicyclic) bond motifs is 3. The summed E-state index contributed by atoms with van der Waals surface area (Å²) in [4.78, 5) is 17.5. The van der Waals surface area contributed by atoms with Gasteiger partial charge in [-0.1, -0.05) is 12.1 Å². The summed E-state index contributed by atoms with van der Waals surface area (Å²) in [7, 11) is 0. The maximum Gasteiger partial charge on any atom is 0.246 e. The molecule has 5 heteroatoms. The number of benzene rings is 2. The van der Waals surface area contributed by atoms with E-state index < -0.39 is 0 Å². The van der Waals surface area contributed by atoms with Gasteiger partial charge < -0.3 is 19.0 Å². The van der Waals surface area contributed by atoms with Gasteiger partial charge in [0.05, 0.1) is 6.61 Å². The fraction of sp³-hybridized carbons (Fsp3) is 0.414. The third-order valence-electron chi connectivity index (χ3n) is 7.08. The highest BCUT2D eigenvalue weighted by molar-refractivity contribution is 5.97. The number of anilines is 1. The molecule has 0 bridgehead atoms. The van der Waals surface area contributed by atoms with Crippen LogP contribution in [0.3, 0.4) is 0 Å². The van der Waals surface area contributed by atoms with Crippen LogP contribution in [-0.2, 0) is 17.6 Å². The number of ether oxygens (including phenoxy) is 1. The Balaban J connectivity index is 1.36. The second-order valence-electron chi connectivity index (χ2n) is 9.47. The molecule has 0 saturated carbocycles. The van der Waals surface area contributed by atoms with Gasteiger partial charge in [-0.05, 0) is 69.4 Å². The van der Waals surface area contributed by atoms with Crippen LogP contribution in [0.2, 0.25) is 0 Å². The van der Waals surface area contributed by atoms with E-state index >= 15 is 0 Å². The fourth-order valence-corrected chi connectivity index (χ4v) is 5.24. The largest absolute Gasteiger partial charge is 0.493 e. The molecule has 3 aromatic rings. The topological polar surface area (TPSA) is 45.9 Å². The van der Waals surface area contributed by atoms with Gasteiger partial charge in [-0.2, -0.15) is 0 Å². The van der Waals surface area contributed by atoms with Crippen LogP contribution in [0.4, 0.5) is 5.69 Å². The molecule has 0 spiro atoms. The highest BCUT2D eigenvalue weighted by atomic mass is 16.5. The van der Waals surface area contributed by atoms with Crippen molar-refractivity contribution in [3.8, 4) is 5.75 Å². The molecule has 178 valence electrons. The van der Waals surface area contributed by atoms with Crippen molar-refractivity contribution in [3.63, 3.8) is 0 Å². The normalized spacial score (nSPS) is 16.6. The molecule has 2 heterocycles. The molecule has 2 aliphatic rings. The second kappa shape index (κ2) is 9.57. The Labute approximate surface area is 202 Å². The number of furan rings is 1. The molecular weight excluding hydrogens is 424 g/mol. The first-order valence-corrected chi connectivity index (χ1v) is 12.5. The molecule has 1 aliphatic heterocycles. The van der Waals surface area contributed by atoms with E-state index in [0.29, 0.717) is 6.61 Å². The molecule has 0 radical (unpaired) electrons. The van der Waals surface area contributed by atoms with E-state index in [9.17, 15) is 4.79 Å². The Kier molecular flexibility index (Phi) is 6.36. The number of piperazine rings is 1. The maximum atomic E-state index is 13.2. The molecule has 1 amide bonds. The van der Waals surface area contributed by atoms with Crippen LogP contribution in [0, 0.1) is 6.92 Å². The Morgan fingerprint density at radius 2 is 1.88 bits per heavy atom. The molecule has 1 aliphatic carbocycles. The summed E-state index contributed by atoms with van der Waals surface area (Å²) in [5, 5.41) is 1.17. The van der Waals surface area contributed by atoms with E-state index in [1.165, 1.54) is 35.0 Å². The summed E-state index contributed by atoms with van der Waals surface area (Å²) in [5.41, 5.74) is 6.63. The predicted octanol–water partition coefficient (Wildman–Crippen LogP) is 5.77. The summed E-state index contributed by atoms with van der Waals surface area (Å²) >= 11 is 0. The fourth-order valence-electron chi connectivity index (χ4n) is 5.24. The molecular formula is C29H34N2O3. The van der Waals surface area contributed by atoms with Crippen molar-refractivity contribution in [1.29, 1.82) is 0 Å². The van der Waals surface area contributed by atoms with E-state index in [2.05, 4.69) is 42.2 Å². The number of aryl methyl sites for hydroxylation is 3. The van der Waals surface area contributed by atoms with Crippen molar-refractivity contribution in [3.05, 3.63) is 64.9 Å². The van der Waals surface area contributed by atoms with Crippen molar-refractivity contribution >= 4 is 28.1 Å². The first-order chi connectivity index (χ1) is 16.5. The van der Waals surface area contributed by atoms with E-state index in [-0.39, 0.29) is 5.91 Å². The number of carbonyl (C=O) groups excluding carboxylic acids is 1. The first-order valence-electron chi connectivity index (χ1n) is 12.5. The van der Waals surface area contributed by atoms with E-state index in [4.69, 9.17) is 9.15 Å². The average Bonchev–Trinajstić information content (AvgIpc) is 3.21. The van der Waals surface area contributed by atoms with Crippen LogP contribution in [0.15, 0.2) is 46.9 Å². The summed E-state index contributed by atoms with van der Waals surface area (Å²) in [5.74, 6) is 1.97. The number of amides is 1. The zero-order chi connectivity index (χ0) is 23.7. The minimum Gasteiger partial charge on any atom is -0.493 e. The van der Waals surface area contributed by atoms with Gasteiger partial charge >= 0.3 is 0 Å². The molecule has 0 atom stereocenters. The Bertz CT molecular complexity index is 1230. The number of rotatable bonds is 5. The lowest BCUT2D eigenvalue weighted by Crippen LogP contribution is -2.48. The minimum atomic E-state index is 0.0677. The number of carbonyl (C=O) groups is 1. The van der Waals surface area contributed by atoms with Crippen LogP contribution < -0.4 is 9.64 Å². The summed E-state index contributed by atoms with van der Waals surface area (Å²) in [6, 6.07) is 12.7. The van der Waals surface area contributed by atoms with Gasteiger partial charge in [0.15, 0.2) is 0 Å². The molecule has 2 aromatic carbocycles. The molecule has 5 nitrogen and oxygen atoms in total. The molecule has 1 fully saturated rings. The Morgan fingerprint density at radius 3 is 2.65 bits per heavy atom. The van der Waals surface area contributed by atoms with Crippen LogP contribution in [0.5, 0.6) is 5.75 Å². The molecule has 0 N–H and O–H groups in total. The summed E-state index contributed by atoms with van der Waals surface area (Å²) in [6.45, 7) is 9.83. The van der Waals surface area contributed by atoms with Gasteiger partial charge in [0, 0.05) is 66.9 Å². The van der Waals surface area contributed by atoms with Gasteiger partial charge in [-0.25, -0.2) is 0 Å². The van der Waals surface area contributed by atoms with Gasteiger partial charge in [-0.3, -0.25) is 4.79 Å². The van der Waals surface area contributed by atoms with Gasteiger partial charge in [0.1, 0.15) is 17.1 Å². The van der Waals surface area contributed by atoms with Gasteiger partial charge in [0.2, 0.25) is 5.91 Å². The average molecular weight is 459 g/mol. The lowest BCUT2D eigenvalue weighted by molar-refractivity contribution is -0.126. The molecule has 1 aromatic heterocycles. The van der Waals surface area contributed by atoms with Crippen LogP contribution in [-0.4, -0.2) is 43.6 Å². The van der Waals surface area contributed by atoms with E-state index in [1.807, 2.05) is 24.8 Å². The lowest BCUT2D eigenvalue weighted by atomic mass is 9.94. The van der Waals surface area contributed by atoms with Crippen molar-refractivity contribution in [2.24, 2.45) is 0 Å². The van der Waals surface area contributed by atoms with E-state index in [1.54, 1.807) is 6.08 Å². The third kappa shape index (κ3) is 4.44. The highest BCUT2D eigenvalue weighted by Crippen LogP contribution is 2.38. The quantitative estimate of drug-likeness (QED) is 0.455. The van der Waals surface area contributed by atoms with Gasteiger partial charge in [0.25, 0.3) is 0 Å². The van der Waals surface area contributed by atoms with Crippen molar-refractivity contribution < 1.29 is 13.9 Å². The third-order valence-corrected chi connectivity index (χ3v) is 7.08. The molecule has 0 unspecified atom stereocenters. The summed E-state index contributed by atoms with van der Waals surface area (Å²) in [6.07, 6.45) is 6.22. The van der Waals surface area contributed by atoms with Crippen LogP contribution in [0.1, 0.15) is 49.1 Å². The maximum absolute atomic E-state index is 13.2. The summed E-state index contributed by atoms with van der Waals surface area (Å²) < 4.78 is 12.1. The monoisotopic (exact) mass is 458 g/mol. The number of hydrogen-bond acceptors (Lipinski definition) is 4. The number of hydrogen-bond donors (Lipinski definition) is 0. The SMILES string of the molecule is CCOc1cc2oc3c(c2cc1/C(C)=C/C(=O)N1CCN(c2cccc(C)c2)CC1)CCCC3. The second-order valence-corrected chi connectivity index (χ2v) is 9.47. The Morgan fingerprint density at radius 1 is 1.09 bits per heavy atom. The first kappa shape index (κ1) is 22.6. The van der Waals surface area contributed by atoms with Crippen molar-refractivity contribution in [2.45, 2.75) is 46.5 Å². The number of allylic oxidation sites excluding steroid dienone is 1. The molecule has 1 saturated heterocycles. The zero-order valence-corrected chi connectivity index (χ0v) is 20.5. The standard InChI is InChI=1S/C29H34N2O3/c1-4-33-27-19-28-25(23-10-5-6-11-26(23)34-28)18-24(27)21(3)17-29(32)31-14-12-30(13-15-31)22-9-7-8-20(2)16-22/h7-9,16-19H,4-6,10-15H2,1-3H3/b21-17+. The van der Waals surface area contributed by atoms with E-state index in [0.717, 1.165) is 67.3 Å². The molecule has 5 rings (SSSR count). The van der Waals surface area contributed by atoms with Gasteiger partial charge in [-0.15, -0.1) is 0 Å². The smallest absolute Gasteiger partial charge is 0.246 e. The number of nitrogens with zero attached hydrogens (tertiary/aromatic N) is 2. The highest BCUT2D eigenvalue weighted by Gasteiger charge is 2.23.